The molecule has 27 heavy (non-hydrogen) atoms. The van der Waals surface area contributed by atoms with Crippen LogP contribution < -0.4 is 0 Å². The number of sulfone groups is 1. The molecule has 2 atom stereocenters. The molecule has 2 aliphatic rings. The standard InChI is InChI=1S/C21H25NO3S2/c1-15(19-8-4-6-16-5-2-3-7-20(16)19)22(17-9-10-17)21(23)13-26-18-11-12-27(24,25)14-18/h2-8,15,17-18H,9-14H2,1H3/t15-,18+/m1/s1. The van der Waals surface area contributed by atoms with Gasteiger partial charge in [0.1, 0.15) is 0 Å². The molecule has 0 radical (unpaired) electrons. The summed E-state index contributed by atoms with van der Waals surface area (Å²) in [6, 6.07) is 14.9. The number of hydrogen-bond donors (Lipinski definition) is 0. The van der Waals surface area contributed by atoms with Crippen LogP contribution in [0.5, 0.6) is 0 Å². The van der Waals surface area contributed by atoms with Gasteiger partial charge in [-0.25, -0.2) is 8.42 Å². The molecular formula is C21H25NO3S2. The van der Waals surface area contributed by atoms with Gasteiger partial charge < -0.3 is 4.90 Å². The summed E-state index contributed by atoms with van der Waals surface area (Å²) in [5, 5.41) is 2.45. The summed E-state index contributed by atoms with van der Waals surface area (Å²) >= 11 is 1.51. The molecule has 144 valence electrons. The lowest BCUT2D eigenvalue weighted by atomic mass is 9.98. The number of benzene rings is 2. The lowest BCUT2D eigenvalue weighted by Gasteiger charge is -2.31. The molecular weight excluding hydrogens is 378 g/mol. The molecule has 1 saturated heterocycles. The van der Waals surface area contributed by atoms with E-state index in [9.17, 15) is 13.2 Å². The molecule has 4 rings (SSSR count). The first kappa shape index (κ1) is 18.8. The maximum atomic E-state index is 13.0. The number of hydrogen-bond acceptors (Lipinski definition) is 4. The van der Waals surface area contributed by atoms with E-state index in [0.717, 1.165) is 12.8 Å². The molecule has 0 bridgehead atoms. The number of fused-ring (bicyclic) bond motifs is 1. The predicted molar refractivity (Wildman–Crippen MR) is 112 cm³/mol. The van der Waals surface area contributed by atoms with Gasteiger partial charge in [0.05, 0.1) is 23.3 Å². The fourth-order valence-electron chi connectivity index (χ4n) is 4.01. The van der Waals surface area contributed by atoms with Gasteiger partial charge in [0.15, 0.2) is 9.84 Å². The smallest absolute Gasteiger partial charge is 0.233 e. The van der Waals surface area contributed by atoms with Gasteiger partial charge in [0.2, 0.25) is 5.91 Å². The van der Waals surface area contributed by atoms with Crippen LogP contribution in [0.1, 0.15) is 37.8 Å². The summed E-state index contributed by atoms with van der Waals surface area (Å²) in [6.45, 7) is 2.11. The predicted octanol–water partition coefficient (Wildman–Crippen LogP) is 3.81. The van der Waals surface area contributed by atoms with E-state index >= 15 is 0 Å². The van der Waals surface area contributed by atoms with Gasteiger partial charge in [-0.3, -0.25) is 4.79 Å². The third-order valence-corrected chi connectivity index (χ3v) is 8.82. The van der Waals surface area contributed by atoms with E-state index in [2.05, 4.69) is 37.3 Å². The van der Waals surface area contributed by atoms with Crippen molar-refractivity contribution in [3.05, 3.63) is 48.0 Å². The van der Waals surface area contributed by atoms with Gasteiger partial charge >= 0.3 is 0 Å². The molecule has 1 aliphatic heterocycles. The Morgan fingerprint density at radius 3 is 2.59 bits per heavy atom. The van der Waals surface area contributed by atoms with Crippen LogP contribution in [0, 0.1) is 0 Å². The van der Waals surface area contributed by atoms with Crippen LogP contribution in [-0.2, 0) is 14.6 Å². The van der Waals surface area contributed by atoms with E-state index in [1.165, 1.54) is 28.1 Å². The van der Waals surface area contributed by atoms with Crippen LogP contribution in [0.25, 0.3) is 10.8 Å². The SMILES string of the molecule is C[C@H](c1cccc2ccccc12)N(C(=O)CS[C@H]1CCS(=O)(=O)C1)C1CC1. The zero-order valence-electron chi connectivity index (χ0n) is 15.5. The van der Waals surface area contributed by atoms with Gasteiger partial charge in [0.25, 0.3) is 0 Å². The fourth-order valence-corrected chi connectivity index (χ4v) is 7.52. The molecule has 0 N–H and O–H groups in total. The normalized spacial score (nSPS) is 22.6. The van der Waals surface area contributed by atoms with Crippen molar-refractivity contribution in [2.24, 2.45) is 0 Å². The largest absolute Gasteiger partial charge is 0.332 e. The third kappa shape index (κ3) is 4.16. The molecule has 1 saturated carbocycles. The van der Waals surface area contributed by atoms with E-state index in [4.69, 9.17) is 0 Å². The quantitative estimate of drug-likeness (QED) is 0.736. The van der Waals surface area contributed by atoms with Crippen molar-refractivity contribution in [2.75, 3.05) is 17.3 Å². The number of amides is 1. The van der Waals surface area contributed by atoms with Gasteiger partial charge in [0, 0.05) is 11.3 Å². The number of rotatable bonds is 6. The molecule has 1 heterocycles. The van der Waals surface area contributed by atoms with Crippen LogP contribution in [0.4, 0.5) is 0 Å². The van der Waals surface area contributed by atoms with Crippen LogP contribution in [0.15, 0.2) is 42.5 Å². The average Bonchev–Trinajstić information content (AvgIpc) is 3.42. The van der Waals surface area contributed by atoms with E-state index in [-0.39, 0.29) is 28.7 Å². The number of carbonyl (C=O) groups excluding carboxylic acids is 1. The Morgan fingerprint density at radius 1 is 1.15 bits per heavy atom. The van der Waals surface area contributed by atoms with Crippen molar-refractivity contribution in [1.82, 2.24) is 4.90 Å². The summed E-state index contributed by atoms with van der Waals surface area (Å²) in [4.78, 5) is 15.1. The average molecular weight is 404 g/mol. The van der Waals surface area contributed by atoms with Crippen molar-refractivity contribution < 1.29 is 13.2 Å². The fraction of sp³-hybridized carbons (Fsp3) is 0.476. The topological polar surface area (TPSA) is 54.5 Å². The molecule has 0 spiro atoms. The minimum atomic E-state index is -2.90. The Labute approximate surface area is 165 Å². The second-order valence-corrected chi connectivity index (χ2v) is 11.1. The lowest BCUT2D eigenvalue weighted by Crippen LogP contribution is -2.37. The number of carbonyl (C=O) groups is 1. The Morgan fingerprint density at radius 2 is 1.89 bits per heavy atom. The summed E-state index contributed by atoms with van der Waals surface area (Å²) in [7, 11) is -2.90. The van der Waals surface area contributed by atoms with Gasteiger partial charge in [-0.15, -0.1) is 11.8 Å². The maximum Gasteiger partial charge on any atom is 0.233 e. The lowest BCUT2D eigenvalue weighted by molar-refractivity contribution is -0.131. The number of nitrogens with zero attached hydrogens (tertiary/aromatic N) is 1. The minimum Gasteiger partial charge on any atom is -0.332 e. The molecule has 6 heteroatoms. The molecule has 2 aromatic carbocycles. The zero-order valence-corrected chi connectivity index (χ0v) is 17.1. The first-order valence-electron chi connectivity index (χ1n) is 9.55. The van der Waals surface area contributed by atoms with Crippen molar-refractivity contribution in [3.8, 4) is 0 Å². The van der Waals surface area contributed by atoms with Crippen LogP contribution in [0.2, 0.25) is 0 Å². The van der Waals surface area contributed by atoms with Gasteiger partial charge in [-0.2, -0.15) is 0 Å². The monoisotopic (exact) mass is 403 g/mol. The highest BCUT2D eigenvalue weighted by Gasteiger charge is 2.37. The van der Waals surface area contributed by atoms with Crippen molar-refractivity contribution in [3.63, 3.8) is 0 Å². The van der Waals surface area contributed by atoms with Crippen molar-refractivity contribution >= 4 is 38.3 Å². The van der Waals surface area contributed by atoms with E-state index in [1.54, 1.807) is 0 Å². The van der Waals surface area contributed by atoms with Crippen molar-refractivity contribution in [1.29, 1.82) is 0 Å². The molecule has 0 aromatic heterocycles. The molecule has 2 aromatic rings. The maximum absolute atomic E-state index is 13.0. The summed E-state index contributed by atoms with van der Waals surface area (Å²) in [6.07, 6.45) is 2.79. The van der Waals surface area contributed by atoms with Crippen LogP contribution in [-0.4, -0.2) is 47.8 Å². The second kappa shape index (κ2) is 7.47. The molecule has 4 nitrogen and oxygen atoms in total. The van der Waals surface area contributed by atoms with Crippen molar-refractivity contribution in [2.45, 2.75) is 43.5 Å². The Bertz CT molecular complexity index is 948. The first-order chi connectivity index (χ1) is 12.9. The second-order valence-electron chi connectivity index (χ2n) is 7.61. The molecule has 1 aliphatic carbocycles. The highest BCUT2D eigenvalue weighted by Crippen LogP contribution is 2.37. The number of thioether (sulfide) groups is 1. The van der Waals surface area contributed by atoms with E-state index in [0.29, 0.717) is 18.2 Å². The molecule has 0 unspecified atom stereocenters. The Hall–Kier alpha value is -1.53. The first-order valence-corrected chi connectivity index (χ1v) is 12.4. The summed E-state index contributed by atoms with van der Waals surface area (Å²) in [5.74, 6) is 0.976. The highest BCUT2D eigenvalue weighted by molar-refractivity contribution is 8.02. The highest BCUT2D eigenvalue weighted by atomic mass is 32.2. The van der Waals surface area contributed by atoms with Gasteiger partial charge in [-0.05, 0) is 42.5 Å². The van der Waals surface area contributed by atoms with Crippen LogP contribution >= 0.6 is 11.8 Å². The zero-order chi connectivity index (χ0) is 19.0. The molecule has 1 amide bonds. The van der Waals surface area contributed by atoms with E-state index < -0.39 is 9.84 Å². The summed E-state index contributed by atoms with van der Waals surface area (Å²) < 4.78 is 23.3. The Balaban J connectivity index is 1.51. The Kier molecular flexibility index (Phi) is 5.21. The van der Waals surface area contributed by atoms with Gasteiger partial charge in [-0.1, -0.05) is 42.5 Å². The van der Waals surface area contributed by atoms with Crippen LogP contribution in [0.3, 0.4) is 0 Å². The summed E-state index contributed by atoms with van der Waals surface area (Å²) in [5.41, 5.74) is 1.18. The molecule has 2 fully saturated rings. The minimum absolute atomic E-state index is 0.0176. The third-order valence-electron chi connectivity index (χ3n) is 5.55. The van der Waals surface area contributed by atoms with E-state index in [1.807, 2.05) is 17.0 Å².